The molecule has 0 radical (unpaired) electrons. The van der Waals surface area contributed by atoms with Crippen LogP contribution < -0.4 is 0 Å². The number of aromatic nitrogens is 2. The summed E-state index contributed by atoms with van der Waals surface area (Å²) in [5.41, 5.74) is 1.92. The Morgan fingerprint density at radius 1 is 1.08 bits per heavy atom. The predicted molar refractivity (Wildman–Crippen MR) is 99.4 cm³/mol. The molecule has 134 valence electrons. The first-order chi connectivity index (χ1) is 12.5. The van der Waals surface area contributed by atoms with Gasteiger partial charge in [-0.1, -0.05) is 30.3 Å². The second-order valence-electron chi connectivity index (χ2n) is 6.50. The molecule has 4 rings (SSSR count). The highest BCUT2D eigenvalue weighted by molar-refractivity contribution is 7.88. The van der Waals surface area contributed by atoms with E-state index in [1.165, 1.54) is 10.6 Å². The Morgan fingerprint density at radius 3 is 2.50 bits per heavy atom. The second kappa shape index (κ2) is 6.34. The molecule has 1 atom stereocenters. The number of imidazole rings is 1. The summed E-state index contributed by atoms with van der Waals surface area (Å²) >= 11 is 0. The first-order valence-electron chi connectivity index (χ1n) is 8.51. The minimum atomic E-state index is -3.38. The third kappa shape index (κ3) is 2.83. The Morgan fingerprint density at radius 2 is 1.77 bits per heavy atom. The number of fused-ring (bicyclic) bond motifs is 1. The van der Waals surface area contributed by atoms with Crippen molar-refractivity contribution in [2.75, 3.05) is 12.8 Å². The average molecular weight is 369 g/mol. The summed E-state index contributed by atoms with van der Waals surface area (Å²) in [4.78, 5) is 17.9. The average Bonchev–Trinajstić information content (AvgIpc) is 3.26. The van der Waals surface area contributed by atoms with Gasteiger partial charge in [-0.15, -0.1) is 0 Å². The Labute approximate surface area is 152 Å². The van der Waals surface area contributed by atoms with E-state index in [0.717, 1.165) is 6.42 Å². The monoisotopic (exact) mass is 369 g/mol. The molecule has 0 bridgehead atoms. The van der Waals surface area contributed by atoms with Crippen LogP contribution in [-0.4, -0.2) is 41.0 Å². The smallest absolute Gasteiger partial charge is 0.263 e. The zero-order valence-electron chi connectivity index (χ0n) is 14.4. The molecule has 1 aromatic heterocycles. The van der Waals surface area contributed by atoms with Gasteiger partial charge in [-0.05, 0) is 37.1 Å². The first kappa shape index (κ1) is 16.9. The van der Waals surface area contributed by atoms with Crippen molar-refractivity contribution in [2.24, 2.45) is 0 Å². The number of hydrogen-bond acceptors (Lipinski definition) is 4. The summed E-state index contributed by atoms with van der Waals surface area (Å²) in [6.45, 7) is 0.451. The quantitative estimate of drug-likeness (QED) is 0.712. The van der Waals surface area contributed by atoms with Crippen LogP contribution in [0.4, 0.5) is 0 Å². The molecule has 1 aliphatic heterocycles. The number of benzene rings is 2. The lowest BCUT2D eigenvalue weighted by Crippen LogP contribution is -2.32. The van der Waals surface area contributed by atoms with E-state index in [1.54, 1.807) is 16.7 Å². The number of rotatable bonds is 3. The molecule has 1 fully saturated rings. The normalized spacial score (nSPS) is 18.4. The van der Waals surface area contributed by atoms with Gasteiger partial charge in [-0.2, -0.15) is 4.31 Å². The summed E-state index contributed by atoms with van der Waals surface area (Å²) in [6, 6.07) is 15.9. The van der Waals surface area contributed by atoms with Crippen LogP contribution in [0.2, 0.25) is 0 Å². The molecule has 7 heteroatoms. The van der Waals surface area contributed by atoms with Crippen LogP contribution >= 0.6 is 0 Å². The number of carbonyl (C=O) groups is 1. The van der Waals surface area contributed by atoms with Crippen LogP contribution in [0.15, 0.2) is 54.6 Å². The third-order valence-electron chi connectivity index (χ3n) is 4.74. The fourth-order valence-electron chi connectivity index (χ4n) is 3.59. The molecule has 0 spiro atoms. The predicted octanol–water partition coefficient (Wildman–Crippen LogP) is 2.82. The molecule has 3 aromatic rings. The highest BCUT2D eigenvalue weighted by Crippen LogP contribution is 2.35. The van der Waals surface area contributed by atoms with Crippen LogP contribution in [0, 0.1) is 0 Å². The molecular weight excluding hydrogens is 350 g/mol. The van der Waals surface area contributed by atoms with Gasteiger partial charge >= 0.3 is 0 Å². The summed E-state index contributed by atoms with van der Waals surface area (Å²) in [6.07, 6.45) is 2.61. The molecule has 0 N–H and O–H groups in total. The number of para-hydroxylation sites is 2. The van der Waals surface area contributed by atoms with Crippen LogP contribution in [0.1, 0.15) is 35.1 Å². The molecular formula is C19H19N3O3S. The van der Waals surface area contributed by atoms with E-state index in [0.29, 0.717) is 35.4 Å². The minimum Gasteiger partial charge on any atom is -0.268 e. The topological polar surface area (TPSA) is 72.3 Å². The molecule has 2 aromatic carbocycles. The maximum absolute atomic E-state index is 13.2. The van der Waals surface area contributed by atoms with Crippen molar-refractivity contribution in [3.05, 3.63) is 66.0 Å². The van der Waals surface area contributed by atoms with E-state index in [-0.39, 0.29) is 5.91 Å². The zero-order valence-corrected chi connectivity index (χ0v) is 15.2. The maximum atomic E-state index is 13.2. The second-order valence-corrected chi connectivity index (χ2v) is 8.43. The van der Waals surface area contributed by atoms with E-state index in [9.17, 15) is 13.2 Å². The standard InChI is InChI=1S/C19H19N3O3S/c1-26(24,25)21-13-7-12-17(21)18-20-15-10-5-6-11-16(15)22(18)19(23)14-8-3-2-4-9-14/h2-6,8-11,17H,7,12-13H2,1H3/t17-/m0/s1. The van der Waals surface area contributed by atoms with Gasteiger partial charge in [-0.25, -0.2) is 13.4 Å². The molecule has 0 aliphatic carbocycles. The molecule has 26 heavy (non-hydrogen) atoms. The third-order valence-corrected chi connectivity index (χ3v) is 6.03. The van der Waals surface area contributed by atoms with Crippen molar-refractivity contribution in [1.29, 1.82) is 0 Å². The maximum Gasteiger partial charge on any atom is 0.263 e. The molecule has 6 nitrogen and oxygen atoms in total. The lowest BCUT2D eigenvalue weighted by Gasteiger charge is -2.22. The van der Waals surface area contributed by atoms with Crippen molar-refractivity contribution in [3.63, 3.8) is 0 Å². The van der Waals surface area contributed by atoms with Crippen LogP contribution in [-0.2, 0) is 10.0 Å². The van der Waals surface area contributed by atoms with Gasteiger partial charge in [0.05, 0.1) is 23.3 Å². The molecule has 1 aliphatic rings. The van der Waals surface area contributed by atoms with Gasteiger partial charge in [0, 0.05) is 12.1 Å². The van der Waals surface area contributed by atoms with Crippen LogP contribution in [0.5, 0.6) is 0 Å². The Kier molecular flexibility index (Phi) is 4.13. The molecule has 0 amide bonds. The SMILES string of the molecule is CS(=O)(=O)N1CCC[C@H]1c1nc2ccccc2n1C(=O)c1ccccc1. The van der Waals surface area contributed by atoms with Gasteiger partial charge in [0.25, 0.3) is 5.91 Å². The fourth-order valence-corrected chi connectivity index (χ4v) is 4.71. The summed E-state index contributed by atoms with van der Waals surface area (Å²) in [5.74, 6) is 0.289. The summed E-state index contributed by atoms with van der Waals surface area (Å²) in [7, 11) is -3.38. The molecule has 1 saturated heterocycles. The van der Waals surface area contributed by atoms with Gasteiger partial charge in [0.15, 0.2) is 0 Å². The van der Waals surface area contributed by atoms with Crippen molar-refractivity contribution in [1.82, 2.24) is 13.9 Å². The largest absolute Gasteiger partial charge is 0.268 e. The highest BCUT2D eigenvalue weighted by atomic mass is 32.2. The van der Waals surface area contributed by atoms with Crippen molar-refractivity contribution >= 4 is 27.0 Å². The lowest BCUT2D eigenvalue weighted by molar-refractivity contribution is 0.0957. The molecule has 2 heterocycles. The number of carbonyl (C=O) groups excluding carboxylic acids is 1. The Hall–Kier alpha value is -2.51. The summed E-state index contributed by atoms with van der Waals surface area (Å²) < 4.78 is 27.4. The Balaban J connectivity index is 1.92. The van der Waals surface area contributed by atoms with E-state index in [1.807, 2.05) is 42.5 Å². The molecule has 0 unspecified atom stereocenters. The lowest BCUT2D eigenvalue weighted by atomic mass is 10.2. The first-order valence-corrected chi connectivity index (χ1v) is 10.4. The zero-order chi connectivity index (χ0) is 18.3. The van der Waals surface area contributed by atoms with Gasteiger partial charge in [0.1, 0.15) is 5.82 Å². The molecule has 0 saturated carbocycles. The van der Waals surface area contributed by atoms with Crippen molar-refractivity contribution in [2.45, 2.75) is 18.9 Å². The Bertz CT molecular complexity index is 1070. The van der Waals surface area contributed by atoms with E-state index >= 15 is 0 Å². The summed E-state index contributed by atoms with van der Waals surface area (Å²) in [5, 5.41) is 0. The van der Waals surface area contributed by atoms with Crippen molar-refractivity contribution < 1.29 is 13.2 Å². The fraction of sp³-hybridized carbons (Fsp3) is 0.263. The number of nitrogens with zero attached hydrogens (tertiary/aromatic N) is 3. The van der Waals surface area contributed by atoms with Crippen molar-refractivity contribution in [3.8, 4) is 0 Å². The van der Waals surface area contributed by atoms with Crippen LogP contribution in [0.3, 0.4) is 0 Å². The van der Waals surface area contributed by atoms with Crippen LogP contribution in [0.25, 0.3) is 11.0 Å². The highest BCUT2D eigenvalue weighted by Gasteiger charge is 2.37. The number of sulfonamides is 1. The van der Waals surface area contributed by atoms with E-state index < -0.39 is 16.1 Å². The number of hydrogen-bond donors (Lipinski definition) is 0. The van der Waals surface area contributed by atoms with Gasteiger partial charge in [-0.3, -0.25) is 9.36 Å². The van der Waals surface area contributed by atoms with E-state index in [2.05, 4.69) is 4.98 Å². The van der Waals surface area contributed by atoms with Gasteiger partial charge in [0.2, 0.25) is 10.0 Å². The van der Waals surface area contributed by atoms with Gasteiger partial charge < -0.3 is 0 Å². The van der Waals surface area contributed by atoms with E-state index in [4.69, 9.17) is 0 Å². The minimum absolute atomic E-state index is 0.199.